The third-order valence-electron chi connectivity index (χ3n) is 4.60. The molecule has 2 nitrogen and oxygen atoms in total. The first-order valence-electron chi connectivity index (χ1n) is 9.30. The summed E-state index contributed by atoms with van der Waals surface area (Å²) in [6, 6.07) is 9.06. The molecule has 3 aromatic carbocycles. The van der Waals surface area contributed by atoms with Gasteiger partial charge in [-0.05, 0) is 36.8 Å². The number of alkyl halides is 2. The predicted octanol–water partition coefficient (Wildman–Crippen LogP) is 7.92. The maximum absolute atomic E-state index is 14.7. The molecule has 0 aliphatic carbocycles. The number of halogens is 7. The molecule has 0 bridgehead atoms. The molecule has 0 saturated heterocycles. The topological polar surface area (TPSA) is 22.1 Å². The number of aryl methyl sites for hydroxylation is 1. The standard InChI is InChI=1S/C23H12F7NOS/c1-11-2-7-17-18(8-11)33-22(31-17)21(28)19(26)12-3-5-13(6-4-12)23(29,30)32-14-9-15(24)20(27)16(25)10-14/h2-10H,1H3/b21-19+. The van der Waals surface area contributed by atoms with Gasteiger partial charge in [0.2, 0.25) is 0 Å². The lowest BCUT2D eigenvalue weighted by molar-refractivity contribution is -0.185. The average Bonchev–Trinajstić information content (AvgIpc) is 3.19. The van der Waals surface area contributed by atoms with Crippen molar-refractivity contribution in [1.29, 1.82) is 0 Å². The van der Waals surface area contributed by atoms with Gasteiger partial charge in [-0.25, -0.2) is 26.9 Å². The van der Waals surface area contributed by atoms with E-state index in [-0.39, 0.29) is 22.7 Å². The minimum atomic E-state index is -4.10. The number of benzene rings is 3. The van der Waals surface area contributed by atoms with E-state index in [0.29, 0.717) is 10.2 Å². The molecule has 0 amide bonds. The molecular formula is C23H12F7NOS. The Morgan fingerprint density at radius 1 is 0.879 bits per heavy atom. The summed E-state index contributed by atoms with van der Waals surface area (Å²) < 4.78 is 102. The Morgan fingerprint density at radius 2 is 1.52 bits per heavy atom. The molecule has 0 unspecified atom stereocenters. The van der Waals surface area contributed by atoms with E-state index in [1.807, 2.05) is 6.92 Å². The molecule has 33 heavy (non-hydrogen) atoms. The van der Waals surface area contributed by atoms with Gasteiger partial charge in [0.05, 0.1) is 15.8 Å². The van der Waals surface area contributed by atoms with Gasteiger partial charge in [-0.1, -0.05) is 18.2 Å². The first kappa shape index (κ1) is 22.8. The maximum Gasteiger partial charge on any atom is 0.426 e. The van der Waals surface area contributed by atoms with E-state index in [4.69, 9.17) is 0 Å². The summed E-state index contributed by atoms with van der Waals surface area (Å²) in [5.74, 6) is -8.75. The molecule has 0 saturated carbocycles. The van der Waals surface area contributed by atoms with Crippen LogP contribution < -0.4 is 4.74 Å². The normalized spacial score (nSPS) is 12.7. The van der Waals surface area contributed by atoms with E-state index in [1.54, 1.807) is 18.2 Å². The third kappa shape index (κ3) is 4.56. The summed E-state index contributed by atoms with van der Waals surface area (Å²) in [4.78, 5) is 4.04. The van der Waals surface area contributed by atoms with Crippen LogP contribution in [0.15, 0.2) is 54.6 Å². The van der Waals surface area contributed by atoms with Crippen LogP contribution in [0.4, 0.5) is 30.7 Å². The molecule has 1 aromatic heterocycles. The highest BCUT2D eigenvalue weighted by atomic mass is 32.1. The van der Waals surface area contributed by atoms with E-state index in [2.05, 4.69) is 9.72 Å². The lowest BCUT2D eigenvalue weighted by Gasteiger charge is -2.18. The first-order chi connectivity index (χ1) is 15.5. The number of hydrogen-bond acceptors (Lipinski definition) is 3. The van der Waals surface area contributed by atoms with Crippen molar-refractivity contribution in [3.05, 3.63) is 93.7 Å². The van der Waals surface area contributed by atoms with Crippen molar-refractivity contribution < 1.29 is 35.5 Å². The number of aromatic nitrogens is 1. The molecule has 4 rings (SSSR count). The van der Waals surface area contributed by atoms with Gasteiger partial charge in [0.25, 0.3) is 0 Å². The van der Waals surface area contributed by atoms with Crippen molar-refractivity contribution in [1.82, 2.24) is 4.98 Å². The fourth-order valence-electron chi connectivity index (χ4n) is 2.96. The molecule has 1 heterocycles. The van der Waals surface area contributed by atoms with Crippen molar-refractivity contribution in [2.45, 2.75) is 13.0 Å². The zero-order chi connectivity index (χ0) is 23.9. The Balaban J connectivity index is 1.59. The Bertz CT molecular complexity index is 1360. The van der Waals surface area contributed by atoms with Crippen LogP contribution in [0.5, 0.6) is 5.75 Å². The lowest BCUT2D eigenvalue weighted by atomic mass is 10.1. The maximum atomic E-state index is 14.7. The van der Waals surface area contributed by atoms with Crippen molar-refractivity contribution in [3.63, 3.8) is 0 Å². The van der Waals surface area contributed by atoms with Crippen LogP contribution in [0.1, 0.15) is 21.7 Å². The minimum Gasteiger partial charge on any atom is -0.429 e. The molecule has 0 fully saturated rings. The summed E-state index contributed by atoms with van der Waals surface area (Å²) in [5, 5.41) is -0.203. The summed E-state index contributed by atoms with van der Waals surface area (Å²) in [6.07, 6.45) is -4.10. The minimum absolute atomic E-state index is 0.203. The number of hydrogen-bond donors (Lipinski definition) is 0. The summed E-state index contributed by atoms with van der Waals surface area (Å²) in [6.45, 7) is 1.84. The lowest BCUT2D eigenvalue weighted by Crippen LogP contribution is -2.22. The first-order valence-corrected chi connectivity index (χ1v) is 10.1. The fourth-order valence-corrected chi connectivity index (χ4v) is 3.95. The number of ether oxygens (including phenoxy) is 1. The van der Waals surface area contributed by atoms with Crippen LogP contribution in [-0.4, -0.2) is 4.98 Å². The Morgan fingerprint density at radius 3 is 2.15 bits per heavy atom. The number of thiazole rings is 1. The molecule has 4 aromatic rings. The highest BCUT2D eigenvalue weighted by Crippen LogP contribution is 2.36. The molecule has 0 atom stereocenters. The van der Waals surface area contributed by atoms with Crippen molar-refractivity contribution >= 4 is 33.2 Å². The Labute approximate surface area is 186 Å². The van der Waals surface area contributed by atoms with Gasteiger partial charge in [0.1, 0.15) is 5.75 Å². The van der Waals surface area contributed by atoms with Gasteiger partial charge in [-0.3, -0.25) is 0 Å². The molecule has 0 aliphatic heterocycles. The number of rotatable bonds is 5. The van der Waals surface area contributed by atoms with Crippen molar-refractivity contribution in [3.8, 4) is 5.75 Å². The van der Waals surface area contributed by atoms with Crippen LogP contribution in [0, 0.1) is 24.4 Å². The van der Waals surface area contributed by atoms with Crippen LogP contribution in [0.2, 0.25) is 0 Å². The molecule has 10 heteroatoms. The fraction of sp³-hybridized carbons (Fsp3) is 0.0870. The van der Waals surface area contributed by atoms with Crippen LogP contribution in [0.3, 0.4) is 0 Å². The number of fused-ring (bicyclic) bond motifs is 1. The van der Waals surface area contributed by atoms with Crippen molar-refractivity contribution in [2.75, 3.05) is 0 Å². The Kier molecular flexibility index (Phi) is 5.87. The van der Waals surface area contributed by atoms with E-state index >= 15 is 0 Å². The van der Waals surface area contributed by atoms with Crippen LogP contribution in [-0.2, 0) is 6.11 Å². The van der Waals surface area contributed by atoms with Gasteiger partial charge in [-0.15, -0.1) is 11.3 Å². The van der Waals surface area contributed by atoms with Gasteiger partial charge >= 0.3 is 6.11 Å². The second-order valence-corrected chi connectivity index (χ2v) is 8.05. The largest absolute Gasteiger partial charge is 0.429 e. The van der Waals surface area contributed by atoms with E-state index in [9.17, 15) is 30.7 Å². The molecule has 0 radical (unpaired) electrons. The summed E-state index contributed by atoms with van der Waals surface area (Å²) >= 11 is 0.943. The van der Waals surface area contributed by atoms with Gasteiger partial charge < -0.3 is 4.74 Å². The average molecular weight is 483 g/mol. The predicted molar refractivity (Wildman–Crippen MR) is 111 cm³/mol. The van der Waals surface area contributed by atoms with E-state index in [0.717, 1.165) is 41.2 Å². The second-order valence-electron chi connectivity index (χ2n) is 7.02. The van der Waals surface area contributed by atoms with Gasteiger partial charge in [0, 0.05) is 17.7 Å². The quantitative estimate of drug-likeness (QED) is 0.213. The van der Waals surface area contributed by atoms with E-state index < -0.39 is 46.5 Å². The summed E-state index contributed by atoms with van der Waals surface area (Å²) in [5.41, 5.74) is 0.276. The molecule has 0 spiro atoms. The molecule has 170 valence electrons. The molecule has 0 aliphatic rings. The SMILES string of the molecule is Cc1ccc2nc(/C(F)=C(\F)c3ccc(C(F)(F)Oc4cc(F)c(F)c(F)c4)cc3)sc2c1. The van der Waals surface area contributed by atoms with Crippen molar-refractivity contribution in [2.24, 2.45) is 0 Å². The highest BCUT2D eigenvalue weighted by molar-refractivity contribution is 7.19. The van der Waals surface area contributed by atoms with Gasteiger partial charge in [-0.2, -0.15) is 8.78 Å². The number of nitrogens with zero attached hydrogens (tertiary/aromatic N) is 1. The molecule has 0 N–H and O–H groups in total. The monoisotopic (exact) mass is 483 g/mol. The van der Waals surface area contributed by atoms with Crippen LogP contribution >= 0.6 is 11.3 Å². The zero-order valence-corrected chi connectivity index (χ0v) is 17.4. The van der Waals surface area contributed by atoms with Crippen LogP contribution in [0.25, 0.3) is 21.9 Å². The van der Waals surface area contributed by atoms with E-state index in [1.165, 1.54) is 0 Å². The summed E-state index contributed by atoms with van der Waals surface area (Å²) in [7, 11) is 0. The zero-order valence-electron chi connectivity index (χ0n) is 16.6. The highest BCUT2D eigenvalue weighted by Gasteiger charge is 2.35. The van der Waals surface area contributed by atoms with Gasteiger partial charge in [0.15, 0.2) is 34.1 Å². The molecular weight excluding hydrogens is 471 g/mol. The second kappa shape index (κ2) is 8.51. The third-order valence-corrected chi connectivity index (χ3v) is 5.61. The Hall–Kier alpha value is -3.40. The smallest absolute Gasteiger partial charge is 0.426 e.